The highest BCUT2D eigenvalue weighted by atomic mass is 16.6. The molecule has 1 fully saturated rings. The van der Waals surface area contributed by atoms with Crippen LogP contribution in [0.2, 0.25) is 0 Å². The second-order valence-electron chi connectivity index (χ2n) is 16.2. The van der Waals surface area contributed by atoms with Crippen molar-refractivity contribution >= 4 is 35.4 Å². The van der Waals surface area contributed by atoms with Crippen molar-refractivity contribution in [3.63, 3.8) is 0 Å². The number of nitrogens with one attached hydrogen (secondary N) is 4. The number of aliphatic hydroxyl groups excluding tert-OH is 2. The molecule has 0 aromatic heterocycles. The van der Waals surface area contributed by atoms with Crippen molar-refractivity contribution in [1.82, 2.24) is 10.6 Å². The van der Waals surface area contributed by atoms with Gasteiger partial charge in [0.1, 0.15) is 11.2 Å². The topological polar surface area (TPSA) is 201 Å². The highest BCUT2D eigenvalue weighted by molar-refractivity contribution is 5.94. The Kier molecular flexibility index (Phi) is 24.4. The molecule has 1 aliphatic carbocycles. The molecule has 13 heteroatoms. The van der Waals surface area contributed by atoms with Crippen LogP contribution in [0.4, 0.5) is 21.0 Å². The molecular formula is C43H71N5O8. The minimum atomic E-state index is -0.612. The van der Waals surface area contributed by atoms with Crippen LogP contribution in [0, 0.1) is 5.92 Å². The number of aliphatic hydroxyl groups is 2. The van der Waals surface area contributed by atoms with E-state index in [0.717, 1.165) is 36.1 Å². The molecule has 56 heavy (non-hydrogen) atoms. The molecule has 1 aliphatic rings. The third kappa shape index (κ3) is 25.8. The summed E-state index contributed by atoms with van der Waals surface area (Å²) in [5.74, 6) is -0.396. The summed E-state index contributed by atoms with van der Waals surface area (Å²) in [6.07, 6.45) is 12.5. The first-order valence-electron chi connectivity index (χ1n) is 20.1. The van der Waals surface area contributed by atoms with Gasteiger partial charge >= 0.3 is 12.2 Å². The van der Waals surface area contributed by atoms with E-state index in [1.54, 1.807) is 48.5 Å². The molecule has 2 atom stereocenters. The fourth-order valence-corrected chi connectivity index (χ4v) is 5.28. The lowest BCUT2D eigenvalue weighted by molar-refractivity contribution is -0.119. The number of carbonyl (C=O) groups is 4. The first kappa shape index (κ1) is 49.8. The Labute approximate surface area is 335 Å². The van der Waals surface area contributed by atoms with Crippen molar-refractivity contribution in [2.45, 2.75) is 156 Å². The largest absolute Gasteiger partial charge is 0.444 e. The van der Waals surface area contributed by atoms with Gasteiger partial charge in [-0.25, -0.2) is 9.59 Å². The Morgan fingerprint density at radius 2 is 0.964 bits per heavy atom. The molecule has 316 valence electrons. The molecule has 8 N–H and O–H groups in total. The molecule has 0 bridgehead atoms. The van der Waals surface area contributed by atoms with Crippen LogP contribution in [-0.4, -0.2) is 64.5 Å². The number of alkyl carbamates (subject to hydrolysis) is 2. The summed E-state index contributed by atoms with van der Waals surface area (Å²) >= 11 is 0. The monoisotopic (exact) mass is 786 g/mol. The van der Waals surface area contributed by atoms with E-state index in [4.69, 9.17) is 25.4 Å². The third-order valence-electron chi connectivity index (χ3n) is 8.43. The summed E-state index contributed by atoms with van der Waals surface area (Å²) in [5.41, 5.74) is 7.83. The van der Waals surface area contributed by atoms with Crippen molar-refractivity contribution in [3.05, 3.63) is 59.7 Å². The van der Waals surface area contributed by atoms with Crippen LogP contribution in [0.3, 0.4) is 0 Å². The molecule has 3 rings (SSSR count). The zero-order chi connectivity index (χ0) is 42.0. The fourth-order valence-electron chi connectivity index (χ4n) is 5.28. The van der Waals surface area contributed by atoms with Gasteiger partial charge in [0.25, 0.3) is 0 Å². The average Bonchev–Trinajstić information content (AvgIpc) is 3.14. The van der Waals surface area contributed by atoms with Crippen LogP contribution < -0.4 is 27.0 Å². The third-order valence-corrected chi connectivity index (χ3v) is 8.43. The van der Waals surface area contributed by atoms with Crippen LogP contribution in [-0.2, 0) is 32.3 Å². The minimum absolute atomic E-state index is 0.0119. The lowest BCUT2D eigenvalue weighted by atomic mass is 10.0. The number of hydrogen-bond acceptors (Lipinski definition) is 9. The highest BCUT2D eigenvalue weighted by Crippen LogP contribution is 2.16. The number of nitrogens with two attached hydrogens (primary N) is 1. The molecule has 1 saturated carbocycles. The smallest absolute Gasteiger partial charge is 0.407 e. The van der Waals surface area contributed by atoms with Crippen LogP contribution in [0.5, 0.6) is 0 Å². The molecule has 13 nitrogen and oxygen atoms in total. The first-order chi connectivity index (χ1) is 26.4. The Bertz CT molecular complexity index is 1290. The van der Waals surface area contributed by atoms with E-state index in [1.165, 1.54) is 38.5 Å². The van der Waals surface area contributed by atoms with Crippen LogP contribution in [0.25, 0.3) is 0 Å². The predicted octanol–water partition coefficient (Wildman–Crippen LogP) is 7.93. The molecule has 0 aliphatic heterocycles. The van der Waals surface area contributed by atoms with E-state index in [1.807, 2.05) is 48.5 Å². The summed E-state index contributed by atoms with van der Waals surface area (Å²) in [7, 11) is 0. The second-order valence-corrected chi connectivity index (χ2v) is 16.2. The molecule has 0 saturated heterocycles. The molecule has 0 radical (unpaired) electrons. The van der Waals surface area contributed by atoms with E-state index in [2.05, 4.69) is 21.3 Å². The van der Waals surface area contributed by atoms with Crippen LogP contribution >= 0.6 is 0 Å². The van der Waals surface area contributed by atoms with Gasteiger partial charge in [-0.05, 0) is 109 Å². The first-order valence-corrected chi connectivity index (χ1v) is 20.1. The maximum Gasteiger partial charge on any atom is 0.407 e. The van der Waals surface area contributed by atoms with Crippen molar-refractivity contribution in [3.8, 4) is 0 Å². The molecule has 0 spiro atoms. The normalized spacial score (nSPS) is 13.6. The number of benzene rings is 2. The van der Waals surface area contributed by atoms with Gasteiger partial charge < -0.3 is 46.7 Å². The van der Waals surface area contributed by atoms with Gasteiger partial charge in [0.2, 0.25) is 11.8 Å². The summed E-state index contributed by atoms with van der Waals surface area (Å²) < 4.78 is 10.3. The predicted molar refractivity (Wildman–Crippen MR) is 223 cm³/mol. The summed E-state index contributed by atoms with van der Waals surface area (Å²) in [6, 6.07) is 13.4. The lowest BCUT2D eigenvalue weighted by Crippen LogP contribution is -2.36. The van der Waals surface area contributed by atoms with Gasteiger partial charge in [-0.1, -0.05) is 76.1 Å². The van der Waals surface area contributed by atoms with Crippen molar-refractivity contribution < 1.29 is 38.9 Å². The standard InChI is InChI=1S/C19H30N2O4.C18H29N3O4.C6H12/c1-14(7-5-6-12-20-18(24)25-19(2,3)4)17(23)21-16-10-8-15(13-22)9-11-16;1-18(2,3)25-17(24)20-11-5-4-6-15(19)16(23)21-14-9-7-13(12-22)8-10-14;1-2-4-6-5-3-1/h8-11,14,22H,5-7,12-13H2,1-4H3,(H,20,24)(H,21,23);7-10,15,22H,4-6,11-12,19H2,1-3H3,(H,20,24)(H,21,23);1-6H2/t14-;15-;/m00./s1. The Hall–Kier alpha value is -4.20. The number of anilines is 2. The molecule has 4 amide bonds. The van der Waals surface area contributed by atoms with E-state index >= 15 is 0 Å². The summed E-state index contributed by atoms with van der Waals surface area (Å²) in [6.45, 7) is 13.7. The van der Waals surface area contributed by atoms with E-state index < -0.39 is 29.4 Å². The highest BCUT2D eigenvalue weighted by Gasteiger charge is 2.18. The molecule has 2 aromatic rings. The molecular weight excluding hydrogens is 714 g/mol. The van der Waals surface area contributed by atoms with Gasteiger partial charge in [0.05, 0.1) is 19.3 Å². The van der Waals surface area contributed by atoms with Gasteiger partial charge in [-0.15, -0.1) is 0 Å². The molecule has 2 aromatic carbocycles. The molecule has 0 unspecified atom stereocenters. The Balaban J connectivity index is 0.000000485. The van der Waals surface area contributed by atoms with E-state index in [0.29, 0.717) is 38.0 Å². The van der Waals surface area contributed by atoms with Gasteiger partial charge in [0.15, 0.2) is 0 Å². The maximum absolute atomic E-state index is 12.1. The van der Waals surface area contributed by atoms with Gasteiger partial charge in [-0.2, -0.15) is 0 Å². The van der Waals surface area contributed by atoms with Crippen molar-refractivity contribution in [2.24, 2.45) is 11.7 Å². The van der Waals surface area contributed by atoms with E-state index in [-0.39, 0.29) is 30.9 Å². The average molecular weight is 786 g/mol. The SMILES string of the molecule is C1CCCCC1.CC(C)(C)OC(=O)NCCCC[C@H](N)C(=O)Nc1ccc(CO)cc1.C[C@@H](CCCCNC(=O)OC(C)(C)C)C(=O)Nc1ccc(CO)cc1. The van der Waals surface area contributed by atoms with Crippen molar-refractivity contribution in [2.75, 3.05) is 23.7 Å². The number of carbonyl (C=O) groups excluding carboxylic acids is 4. The summed E-state index contributed by atoms with van der Waals surface area (Å²) in [4.78, 5) is 47.1. The number of ether oxygens (including phenoxy) is 2. The number of hydrogen-bond donors (Lipinski definition) is 7. The van der Waals surface area contributed by atoms with Gasteiger partial charge in [-0.3, -0.25) is 9.59 Å². The Morgan fingerprint density at radius 1 is 0.607 bits per heavy atom. The quantitative estimate of drug-likeness (QED) is 0.0826. The second kappa shape index (κ2) is 27.4. The minimum Gasteiger partial charge on any atom is -0.444 e. The zero-order valence-electron chi connectivity index (χ0n) is 35.0. The molecule has 0 heterocycles. The van der Waals surface area contributed by atoms with Gasteiger partial charge in [0, 0.05) is 30.4 Å². The maximum atomic E-state index is 12.1. The Morgan fingerprint density at radius 3 is 1.32 bits per heavy atom. The van der Waals surface area contributed by atoms with Crippen molar-refractivity contribution in [1.29, 1.82) is 0 Å². The van der Waals surface area contributed by atoms with Crippen LogP contribution in [0.1, 0.15) is 137 Å². The van der Waals surface area contributed by atoms with E-state index in [9.17, 15) is 19.2 Å². The number of rotatable bonds is 16. The summed E-state index contributed by atoms with van der Waals surface area (Å²) in [5, 5.41) is 29.0. The number of unbranched alkanes of at least 4 members (excludes halogenated alkanes) is 2. The lowest BCUT2D eigenvalue weighted by Gasteiger charge is -2.19. The zero-order valence-corrected chi connectivity index (χ0v) is 35.0. The van der Waals surface area contributed by atoms with Crippen LogP contribution in [0.15, 0.2) is 48.5 Å². The number of amides is 4. The fraction of sp³-hybridized carbons (Fsp3) is 0.628.